The largest absolute Gasteiger partial charge is 0.444 e. The third kappa shape index (κ3) is 4.43. The predicted octanol–water partition coefficient (Wildman–Crippen LogP) is 2.16. The lowest BCUT2D eigenvalue weighted by atomic mass is 9.96. The molecule has 1 saturated heterocycles. The molecule has 2 amide bonds. The summed E-state index contributed by atoms with van der Waals surface area (Å²) in [6, 6.07) is 0. The lowest BCUT2D eigenvalue weighted by Gasteiger charge is -2.32. The van der Waals surface area contributed by atoms with E-state index in [-0.39, 0.29) is 17.9 Å². The molecular weight excluding hydrogens is 302 g/mol. The molecule has 7 heteroatoms. The number of hydrogen-bond acceptors (Lipinski definition) is 4. The van der Waals surface area contributed by atoms with Crippen molar-refractivity contribution in [2.24, 2.45) is 18.0 Å². The van der Waals surface area contributed by atoms with Crippen LogP contribution < -0.4 is 4.80 Å². The second-order valence-corrected chi connectivity index (χ2v) is 7.36. The first kappa shape index (κ1) is 16.7. The van der Waals surface area contributed by atoms with E-state index in [0.29, 0.717) is 30.7 Å². The molecule has 1 aromatic rings. The van der Waals surface area contributed by atoms with Crippen molar-refractivity contribution in [3.05, 3.63) is 16.4 Å². The quantitative estimate of drug-likeness (QED) is 0.795. The minimum absolute atomic E-state index is 0.0955. The van der Waals surface area contributed by atoms with Crippen molar-refractivity contribution in [3.8, 4) is 0 Å². The van der Waals surface area contributed by atoms with Crippen LogP contribution in [0.3, 0.4) is 0 Å². The first-order valence-corrected chi connectivity index (χ1v) is 8.31. The van der Waals surface area contributed by atoms with Crippen LogP contribution in [-0.2, 0) is 16.6 Å². The van der Waals surface area contributed by atoms with Gasteiger partial charge in [-0.25, -0.2) is 4.79 Å². The molecule has 0 aliphatic carbocycles. The summed E-state index contributed by atoms with van der Waals surface area (Å²) in [5, 5.41) is 1.90. The molecule has 0 saturated carbocycles. The van der Waals surface area contributed by atoms with E-state index in [1.54, 1.807) is 4.90 Å². The van der Waals surface area contributed by atoms with Crippen LogP contribution in [0.1, 0.15) is 33.6 Å². The number of rotatable bonds is 1. The van der Waals surface area contributed by atoms with Crippen molar-refractivity contribution in [2.75, 3.05) is 13.1 Å². The zero-order valence-corrected chi connectivity index (χ0v) is 14.4. The number of ether oxygens (including phenoxy) is 1. The molecule has 1 aliphatic rings. The number of hydrogen-bond donors (Lipinski definition) is 0. The summed E-state index contributed by atoms with van der Waals surface area (Å²) in [7, 11) is 1.87. The Hall–Kier alpha value is -1.63. The van der Waals surface area contributed by atoms with Gasteiger partial charge in [-0.3, -0.25) is 4.79 Å². The molecule has 0 radical (unpaired) electrons. The number of carbonyl (C=O) groups is 2. The number of thiazole rings is 1. The van der Waals surface area contributed by atoms with E-state index in [9.17, 15) is 9.59 Å². The highest BCUT2D eigenvalue weighted by molar-refractivity contribution is 7.07. The molecule has 0 N–H and O–H groups in total. The van der Waals surface area contributed by atoms with Gasteiger partial charge in [0.1, 0.15) is 5.60 Å². The van der Waals surface area contributed by atoms with Crippen molar-refractivity contribution >= 4 is 23.3 Å². The van der Waals surface area contributed by atoms with Gasteiger partial charge in [-0.15, -0.1) is 11.3 Å². The van der Waals surface area contributed by atoms with Crippen molar-refractivity contribution in [1.29, 1.82) is 0 Å². The molecule has 0 aromatic carbocycles. The molecule has 122 valence electrons. The minimum Gasteiger partial charge on any atom is -0.444 e. The molecule has 22 heavy (non-hydrogen) atoms. The zero-order chi connectivity index (χ0) is 16.3. The number of likely N-dealkylation sites (tertiary alicyclic amines) is 1. The number of amides is 2. The summed E-state index contributed by atoms with van der Waals surface area (Å²) < 4.78 is 7.18. The minimum atomic E-state index is -0.493. The number of nitrogens with zero attached hydrogens (tertiary/aromatic N) is 3. The van der Waals surface area contributed by atoms with Crippen LogP contribution in [-0.4, -0.2) is 40.2 Å². The molecule has 0 atom stereocenters. The summed E-state index contributed by atoms with van der Waals surface area (Å²) in [4.78, 5) is 30.8. The Labute approximate surface area is 134 Å². The average molecular weight is 325 g/mol. The number of aryl methyl sites for hydroxylation is 1. The monoisotopic (exact) mass is 325 g/mol. The Morgan fingerprint density at radius 1 is 1.32 bits per heavy atom. The summed E-state index contributed by atoms with van der Waals surface area (Å²) >= 11 is 1.44. The topological polar surface area (TPSA) is 63.9 Å². The molecule has 0 unspecified atom stereocenters. The molecule has 2 heterocycles. The Bertz CT molecular complexity index is 604. The predicted molar refractivity (Wildman–Crippen MR) is 84.4 cm³/mol. The van der Waals surface area contributed by atoms with E-state index in [0.717, 1.165) is 0 Å². The van der Waals surface area contributed by atoms with Crippen molar-refractivity contribution < 1.29 is 14.3 Å². The third-order valence-corrected chi connectivity index (χ3v) is 4.31. The van der Waals surface area contributed by atoms with E-state index in [1.165, 1.54) is 11.3 Å². The second kappa shape index (κ2) is 6.64. The number of piperidine rings is 1. The van der Waals surface area contributed by atoms with Gasteiger partial charge in [0.2, 0.25) is 0 Å². The Balaban J connectivity index is 1.91. The SMILES string of the molecule is Cn1ccsc1=NC(=O)C1CCN(C(=O)OC(C)(C)C)CC1. The summed E-state index contributed by atoms with van der Waals surface area (Å²) in [6.45, 7) is 6.62. The fourth-order valence-electron chi connectivity index (χ4n) is 2.26. The van der Waals surface area contributed by atoms with Gasteiger partial charge in [-0.2, -0.15) is 4.99 Å². The molecule has 0 bridgehead atoms. The lowest BCUT2D eigenvalue weighted by Crippen LogP contribution is -2.43. The Morgan fingerprint density at radius 2 is 1.95 bits per heavy atom. The van der Waals surface area contributed by atoms with Crippen molar-refractivity contribution in [3.63, 3.8) is 0 Å². The summed E-state index contributed by atoms with van der Waals surface area (Å²) in [6.07, 6.45) is 2.84. The Kier molecular flexibility index (Phi) is 5.05. The molecular formula is C15H23N3O3S. The van der Waals surface area contributed by atoms with Crippen LogP contribution >= 0.6 is 11.3 Å². The van der Waals surface area contributed by atoms with E-state index in [1.807, 2.05) is 44.0 Å². The number of carbonyl (C=O) groups excluding carboxylic acids is 2. The maximum Gasteiger partial charge on any atom is 0.410 e. The number of aromatic nitrogens is 1. The third-order valence-electron chi connectivity index (χ3n) is 3.46. The second-order valence-electron chi connectivity index (χ2n) is 6.49. The van der Waals surface area contributed by atoms with Gasteiger partial charge < -0.3 is 14.2 Å². The van der Waals surface area contributed by atoms with Crippen LogP contribution in [0.4, 0.5) is 4.79 Å². The first-order valence-electron chi connectivity index (χ1n) is 7.43. The van der Waals surface area contributed by atoms with E-state index >= 15 is 0 Å². The molecule has 1 aliphatic heterocycles. The molecule has 1 aromatic heterocycles. The highest BCUT2D eigenvalue weighted by Gasteiger charge is 2.29. The normalized spacial score (nSPS) is 17.6. The first-order chi connectivity index (χ1) is 10.3. The van der Waals surface area contributed by atoms with Gasteiger partial charge in [0.25, 0.3) is 5.91 Å². The highest BCUT2D eigenvalue weighted by atomic mass is 32.1. The van der Waals surface area contributed by atoms with Crippen LogP contribution in [0.2, 0.25) is 0 Å². The van der Waals surface area contributed by atoms with Gasteiger partial charge in [0.15, 0.2) is 4.80 Å². The molecule has 2 rings (SSSR count). The lowest BCUT2D eigenvalue weighted by molar-refractivity contribution is -0.123. The molecule has 0 spiro atoms. The van der Waals surface area contributed by atoms with Gasteiger partial charge >= 0.3 is 6.09 Å². The molecule has 1 fully saturated rings. The maximum atomic E-state index is 12.2. The van der Waals surface area contributed by atoms with E-state index < -0.39 is 5.60 Å². The van der Waals surface area contributed by atoms with Crippen LogP contribution in [0.15, 0.2) is 16.6 Å². The van der Waals surface area contributed by atoms with Gasteiger partial charge in [-0.05, 0) is 33.6 Å². The van der Waals surface area contributed by atoms with Gasteiger partial charge in [0, 0.05) is 37.6 Å². The van der Waals surface area contributed by atoms with E-state index in [4.69, 9.17) is 4.74 Å². The van der Waals surface area contributed by atoms with Crippen molar-refractivity contribution in [1.82, 2.24) is 9.47 Å². The van der Waals surface area contributed by atoms with Gasteiger partial charge in [-0.1, -0.05) is 0 Å². The standard InChI is InChI=1S/C15H23N3O3S/c1-15(2,3)21-14(20)18-7-5-11(6-8-18)12(19)16-13-17(4)9-10-22-13/h9-11H,5-8H2,1-4H3. The Morgan fingerprint density at radius 3 is 2.45 bits per heavy atom. The summed E-state index contributed by atoms with van der Waals surface area (Å²) in [5.74, 6) is -0.206. The molecule has 6 nitrogen and oxygen atoms in total. The smallest absolute Gasteiger partial charge is 0.410 e. The fourth-order valence-corrected chi connectivity index (χ4v) is 2.99. The zero-order valence-electron chi connectivity index (χ0n) is 13.5. The van der Waals surface area contributed by atoms with Crippen molar-refractivity contribution in [2.45, 2.75) is 39.2 Å². The average Bonchev–Trinajstić information content (AvgIpc) is 2.82. The van der Waals surface area contributed by atoms with Crippen LogP contribution in [0, 0.1) is 5.92 Å². The van der Waals surface area contributed by atoms with Gasteiger partial charge in [0.05, 0.1) is 0 Å². The summed E-state index contributed by atoms with van der Waals surface area (Å²) in [5.41, 5.74) is -0.493. The fraction of sp³-hybridized carbons (Fsp3) is 0.667. The highest BCUT2D eigenvalue weighted by Crippen LogP contribution is 2.20. The van der Waals surface area contributed by atoms with Crippen LogP contribution in [0.25, 0.3) is 0 Å². The van der Waals surface area contributed by atoms with E-state index in [2.05, 4.69) is 4.99 Å². The van der Waals surface area contributed by atoms with Crippen LogP contribution in [0.5, 0.6) is 0 Å². The maximum absolute atomic E-state index is 12.2.